The van der Waals surface area contributed by atoms with Gasteiger partial charge in [0.25, 0.3) is 0 Å². The fraction of sp³-hybridized carbons (Fsp3) is 0.333. The second kappa shape index (κ2) is 1.57. The molecule has 1 aliphatic heterocycles. The van der Waals surface area contributed by atoms with E-state index in [1.165, 1.54) is 10.4 Å². The largest absolute Gasteiger partial charge is 0.371 e. The molecule has 0 spiro atoms. The molecule has 1 nitrogen and oxygen atoms in total. The molecule has 1 aromatic heterocycles. The summed E-state index contributed by atoms with van der Waals surface area (Å²) in [5.74, 6) is 0. The Labute approximate surface area is 51.9 Å². The molecule has 1 aromatic rings. The van der Waals surface area contributed by atoms with Crippen LogP contribution in [0.2, 0.25) is 0 Å². The molecule has 0 bridgehead atoms. The van der Waals surface area contributed by atoms with Crippen LogP contribution in [0.25, 0.3) is 0 Å². The molecule has 2 rings (SSSR count). The summed E-state index contributed by atoms with van der Waals surface area (Å²) >= 11 is 1.79. The fourth-order valence-corrected chi connectivity index (χ4v) is 1.70. The minimum absolute atomic E-state index is 0.832. The van der Waals surface area contributed by atoms with E-state index in [4.69, 9.17) is 4.74 Å². The minimum atomic E-state index is 0.832. The monoisotopic (exact) mass is 126 g/mol. The zero-order valence-electron chi connectivity index (χ0n) is 4.39. The first kappa shape index (κ1) is 4.53. The SMILES string of the molecule is c1cc2c(s1)COC2. The van der Waals surface area contributed by atoms with Crippen molar-refractivity contribution in [3.8, 4) is 0 Å². The lowest BCUT2D eigenvalue weighted by atomic mass is 10.3. The Morgan fingerprint density at radius 3 is 3.38 bits per heavy atom. The molecule has 2 heterocycles. The van der Waals surface area contributed by atoms with Crippen molar-refractivity contribution < 1.29 is 4.74 Å². The standard InChI is InChI=1S/C6H6OS/c1-2-8-6-4-7-3-5(1)6/h1-2H,3-4H2. The van der Waals surface area contributed by atoms with E-state index >= 15 is 0 Å². The zero-order chi connectivity index (χ0) is 5.40. The van der Waals surface area contributed by atoms with Crippen molar-refractivity contribution in [3.63, 3.8) is 0 Å². The van der Waals surface area contributed by atoms with Crippen molar-refractivity contribution in [1.82, 2.24) is 0 Å². The van der Waals surface area contributed by atoms with Gasteiger partial charge in [-0.05, 0) is 17.0 Å². The normalized spacial score (nSPS) is 16.5. The number of rotatable bonds is 0. The molecule has 0 saturated heterocycles. The van der Waals surface area contributed by atoms with E-state index in [9.17, 15) is 0 Å². The van der Waals surface area contributed by atoms with Gasteiger partial charge >= 0.3 is 0 Å². The third kappa shape index (κ3) is 0.501. The number of hydrogen-bond donors (Lipinski definition) is 0. The van der Waals surface area contributed by atoms with Gasteiger partial charge in [0.15, 0.2) is 0 Å². The number of fused-ring (bicyclic) bond motifs is 1. The molecule has 8 heavy (non-hydrogen) atoms. The number of thiophene rings is 1. The van der Waals surface area contributed by atoms with Crippen LogP contribution in [0.5, 0.6) is 0 Å². The Kier molecular flexibility index (Phi) is 0.889. The second-order valence-corrected chi connectivity index (χ2v) is 2.86. The van der Waals surface area contributed by atoms with Crippen molar-refractivity contribution in [3.05, 3.63) is 21.9 Å². The highest BCUT2D eigenvalue weighted by Crippen LogP contribution is 2.24. The molecule has 0 amide bonds. The molecule has 0 fully saturated rings. The summed E-state index contributed by atoms with van der Waals surface area (Å²) in [5, 5.41) is 2.12. The molecule has 0 aliphatic carbocycles. The Morgan fingerprint density at radius 1 is 1.50 bits per heavy atom. The fourth-order valence-electron chi connectivity index (χ4n) is 0.876. The van der Waals surface area contributed by atoms with Gasteiger partial charge in [0.2, 0.25) is 0 Å². The average Bonchev–Trinajstić information content (AvgIpc) is 2.15. The van der Waals surface area contributed by atoms with Gasteiger partial charge < -0.3 is 4.74 Å². The first-order valence-corrected chi connectivity index (χ1v) is 3.48. The minimum Gasteiger partial charge on any atom is -0.371 e. The summed E-state index contributed by atoms with van der Waals surface area (Å²) in [6.07, 6.45) is 0. The van der Waals surface area contributed by atoms with Gasteiger partial charge in [-0.25, -0.2) is 0 Å². The van der Waals surface area contributed by atoms with Gasteiger partial charge in [-0.15, -0.1) is 11.3 Å². The first-order valence-electron chi connectivity index (χ1n) is 2.60. The van der Waals surface area contributed by atoms with Crippen LogP contribution >= 0.6 is 11.3 Å². The van der Waals surface area contributed by atoms with Crippen LogP contribution in [-0.2, 0) is 18.0 Å². The van der Waals surface area contributed by atoms with E-state index in [1.54, 1.807) is 11.3 Å². The third-order valence-electron chi connectivity index (χ3n) is 1.33. The van der Waals surface area contributed by atoms with Crippen LogP contribution in [0.4, 0.5) is 0 Å². The molecular weight excluding hydrogens is 120 g/mol. The molecule has 0 saturated carbocycles. The van der Waals surface area contributed by atoms with Crippen molar-refractivity contribution in [2.75, 3.05) is 0 Å². The summed E-state index contributed by atoms with van der Waals surface area (Å²) < 4.78 is 5.17. The van der Waals surface area contributed by atoms with E-state index in [0.29, 0.717) is 0 Å². The number of ether oxygens (including phenoxy) is 1. The highest BCUT2D eigenvalue weighted by molar-refractivity contribution is 7.10. The highest BCUT2D eigenvalue weighted by atomic mass is 32.1. The van der Waals surface area contributed by atoms with E-state index in [0.717, 1.165) is 13.2 Å². The van der Waals surface area contributed by atoms with E-state index in [1.807, 2.05) is 0 Å². The van der Waals surface area contributed by atoms with Gasteiger partial charge in [-0.2, -0.15) is 0 Å². The van der Waals surface area contributed by atoms with Gasteiger partial charge in [0.1, 0.15) is 0 Å². The Bertz CT molecular complexity index is 174. The molecule has 0 N–H and O–H groups in total. The van der Waals surface area contributed by atoms with E-state index < -0.39 is 0 Å². The van der Waals surface area contributed by atoms with Crippen LogP contribution in [0, 0.1) is 0 Å². The van der Waals surface area contributed by atoms with Crippen LogP contribution in [0.15, 0.2) is 11.4 Å². The Hall–Kier alpha value is -0.340. The molecule has 0 radical (unpaired) electrons. The number of hydrogen-bond acceptors (Lipinski definition) is 2. The summed E-state index contributed by atoms with van der Waals surface area (Å²) in [7, 11) is 0. The average molecular weight is 126 g/mol. The smallest absolute Gasteiger partial charge is 0.0817 e. The van der Waals surface area contributed by atoms with Gasteiger partial charge in [-0.3, -0.25) is 0 Å². The van der Waals surface area contributed by atoms with Gasteiger partial charge in [-0.1, -0.05) is 0 Å². The van der Waals surface area contributed by atoms with Crippen molar-refractivity contribution in [1.29, 1.82) is 0 Å². The zero-order valence-corrected chi connectivity index (χ0v) is 5.20. The quantitative estimate of drug-likeness (QED) is 0.515. The predicted octanol–water partition coefficient (Wildman–Crippen LogP) is 1.78. The lowest BCUT2D eigenvalue weighted by Gasteiger charge is -1.81. The highest BCUT2D eigenvalue weighted by Gasteiger charge is 2.10. The van der Waals surface area contributed by atoms with Crippen LogP contribution in [0.3, 0.4) is 0 Å². The maximum Gasteiger partial charge on any atom is 0.0817 e. The molecule has 0 atom stereocenters. The maximum atomic E-state index is 5.17. The summed E-state index contributed by atoms with van der Waals surface area (Å²) in [6, 6.07) is 2.13. The molecule has 0 aromatic carbocycles. The van der Waals surface area contributed by atoms with Crippen molar-refractivity contribution >= 4 is 11.3 Å². The van der Waals surface area contributed by atoms with E-state index in [-0.39, 0.29) is 0 Å². The van der Waals surface area contributed by atoms with Gasteiger partial charge in [0.05, 0.1) is 13.2 Å². The lowest BCUT2D eigenvalue weighted by molar-refractivity contribution is 0.135. The van der Waals surface area contributed by atoms with Crippen molar-refractivity contribution in [2.24, 2.45) is 0 Å². The molecule has 1 aliphatic rings. The third-order valence-corrected chi connectivity index (χ3v) is 2.27. The van der Waals surface area contributed by atoms with Gasteiger partial charge in [0, 0.05) is 4.88 Å². The van der Waals surface area contributed by atoms with Crippen LogP contribution in [0.1, 0.15) is 10.4 Å². The van der Waals surface area contributed by atoms with Crippen molar-refractivity contribution in [2.45, 2.75) is 13.2 Å². The van der Waals surface area contributed by atoms with Crippen LogP contribution in [-0.4, -0.2) is 0 Å². The molecule has 0 unspecified atom stereocenters. The summed E-state index contributed by atoms with van der Waals surface area (Å²) in [6.45, 7) is 1.67. The maximum absolute atomic E-state index is 5.17. The molecule has 42 valence electrons. The topological polar surface area (TPSA) is 9.23 Å². The lowest BCUT2D eigenvalue weighted by Crippen LogP contribution is -1.72. The van der Waals surface area contributed by atoms with E-state index in [2.05, 4.69) is 11.4 Å². The van der Waals surface area contributed by atoms with Crippen LogP contribution < -0.4 is 0 Å². The predicted molar refractivity (Wildman–Crippen MR) is 32.8 cm³/mol. The molecular formula is C6H6OS. The Morgan fingerprint density at radius 2 is 2.50 bits per heavy atom. The molecule has 2 heteroatoms. The second-order valence-electron chi connectivity index (χ2n) is 1.86. The summed E-state index contributed by atoms with van der Waals surface area (Å²) in [4.78, 5) is 1.41. The first-order chi connectivity index (χ1) is 3.97. The summed E-state index contributed by atoms with van der Waals surface area (Å²) in [5.41, 5.74) is 1.38. The Balaban J connectivity index is 2.54.